The Bertz CT molecular complexity index is 1060. The summed E-state index contributed by atoms with van der Waals surface area (Å²) in [6, 6.07) is 3.49. The van der Waals surface area contributed by atoms with Gasteiger partial charge in [0.1, 0.15) is 5.75 Å². The van der Waals surface area contributed by atoms with Gasteiger partial charge in [-0.3, -0.25) is 10.2 Å². The van der Waals surface area contributed by atoms with Gasteiger partial charge in [-0.25, -0.2) is 0 Å². The van der Waals surface area contributed by atoms with Crippen LogP contribution < -0.4 is 5.62 Å². The Labute approximate surface area is 226 Å². The first-order valence-electron chi connectivity index (χ1n) is 12.7. The van der Waals surface area contributed by atoms with Crippen molar-refractivity contribution in [3.63, 3.8) is 0 Å². The summed E-state index contributed by atoms with van der Waals surface area (Å²) in [4.78, 5) is 13.5. The number of benzene rings is 1. The highest BCUT2D eigenvalue weighted by Gasteiger charge is 2.28. The maximum absolute atomic E-state index is 13.5. The molecule has 0 saturated heterocycles. The third-order valence-electron chi connectivity index (χ3n) is 7.06. The monoisotopic (exact) mass is 567 g/mol. The van der Waals surface area contributed by atoms with Crippen molar-refractivity contribution >= 4 is 22.8 Å². The number of hydrogen-bond donors (Lipinski definition) is 4. The predicted octanol–water partition coefficient (Wildman–Crippen LogP) is 5.34. The fraction of sp³-hybridized carbons (Fsp3) is 0.643. The van der Waals surface area contributed by atoms with E-state index in [9.17, 15) is 20.1 Å². The van der Waals surface area contributed by atoms with Crippen molar-refractivity contribution in [1.82, 2.24) is 9.13 Å². The van der Waals surface area contributed by atoms with Crippen LogP contribution in [0.4, 0.5) is 0 Å². The van der Waals surface area contributed by atoms with Crippen LogP contribution in [0.25, 0.3) is 0 Å². The smallest absolute Gasteiger partial charge is 0.203 e. The van der Waals surface area contributed by atoms with Crippen LogP contribution in [0.1, 0.15) is 108 Å². The van der Waals surface area contributed by atoms with Crippen LogP contribution in [0.3, 0.4) is 0 Å². The average Bonchev–Trinajstić information content (AvgIpc) is 3.02. The quantitative estimate of drug-likeness (QED) is 0.290. The van der Waals surface area contributed by atoms with Gasteiger partial charge in [0.05, 0.1) is 31.1 Å². The maximum Gasteiger partial charge on any atom is 0.203 e. The molecule has 36 heavy (non-hydrogen) atoms. The molecule has 0 spiro atoms. The van der Waals surface area contributed by atoms with E-state index in [4.69, 9.17) is 5.41 Å². The van der Waals surface area contributed by atoms with E-state index in [1.54, 1.807) is 16.7 Å². The van der Waals surface area contributed by atoms with E-state index in [0.29, 0.717) is 40.5 Å². The summed E-state index contributed by atoms with van der Waals surface area (Å²) < 4.78 is 3.22. The molecule has 0 atom stereocenters. The van der Waals surface area contributed by atoms with Crippen molar-refractivity contribution in [1.29, 1.82) is 5.41 Å². The molecular weight excluding hydrogens is 522 g/mol. The number of aromatic hydroxyl groups is 1. The number of aromatic nitrogens is 2. The van der Waals surface area contributed by atoms with E-state index in [-0.39, 0.29) is 64.7 Å². The number of imidazole rings is 1. The molecule has 0 aliphatic heterocycles. The number of hydrogen-bond acceptors (Lipinski definition) is 5. The summed E-state index contributed by atoms with van der Waals surface area (Å²) in [5.74, 6) is 0.511. The van der Waals surface area contributed by atoms with E-state index in [1.165, 1.54) is 4.57 Å². The lowest BCUT2D eigenvalue weighted by atomic mass is 9.78. The number of aliphatic hydroxyl groups excluding tert-OH is 2. The normalized spacial score (nSPS) is 12.2. The molecule has 0 saturated carbocycles. The summed E-state index contributed by atoms with van der Waals surface area (Å²) in [7, 11) is 0. The number of carbonyl (C=O) groups excluding carboxylic acids is 1. The highest BCUT2D eigenvalue weighted by molar-refractivity contribution is 8.93. The van der Waals surface area contributed by atoms with Crippen molar-refractivity contribution < 1.29 is 20.1 Å². The molecule has 0 aliphatic carbocycles. The average molecular weight is 569 g/mol. The van der Waals surface area contributed by atoms with Gasteiger partial charge in [0.15, 0.2) is 5.78 Å². The first-order valence-corrected chi connectivity index (χ1v) is 12.7. The predicted molar refractivity (Wildman–Crippen MR) is 149 cm³/mol. The van der Waals surface area contributed by atoms with Gasteiger partial charge < -0.3 is 24.5 Å². The second-order valence-electron chi connectivity index (χ2n) is 11.6. The minimum absolute atomic E-state index is 0. The summed E-state index contributed by atoms with van der Waals surface area (Å²) in [6.07, 6.45) is 2.94. The Hall–Kier alpha value is -1.90. The molecular formula is C28H46BrN3O4. The van der Waals surface area contributed by atoms with Crippen LogP contribution in [-0.4, -0.2) is 30.2 Å². The van der Waals surface area contributed by atoms with Crippen LogP contribution in [0.15, 0.2) is 12.1 Å². The Morgan fingerprint density at radius 2 is 1.36 bits per heavy atom. The molecule has 1 aromatic carbocycles. The van der Waals surface area contributed by atoms with Crippen molar-refractivity contribution in [2.45, 2.75) is 112 Å². The molecule has 0 amide bonds. The van der Waals surface area contributed by atoms with E-state index >= 15 is 0 Å². The molecule has 1 aromatic heterocycles. The van der Waals surface area contributed by atoms with Crippen molar-refractivity contribution in [3.8, 4) is 5.75 Å². The van der Waals surface area contributed by atoms with Gasteiger partial charge >= 0.3 is 0 Å². The number of carbonyl (C=O) groups is 1. The van der Waals surface area contributed by atoms with Gasteiger partial charge in [0.25, 0.3) is 0 Å². The number of nitrogens with zero attached hydrogens (tertiary/aromatic N) is 2. The molecule has 7 nitrogen and oxygen atoms in total. The van der Waals surface area contributed by atoms with Crippen LogP contribution in [-0.2, 0) is 37.1 Å². The van der Waals surface area contributed by atoms with Gasteiger partial charge in [-0.2, -0.15) is 0 Å². The second-order valence-corrected chi connectivity index (χ2v) is 11.6. The highest BCUT2D eigenvalue weighted by atomic mass is 79.9. The summed E-state index contributed by atoms with van der Waals surface area (Å²) in [5.41, 5.74) is 2.09. The number of phenols is 1. The lowest BCUT2D eigenvalue weighted by molar-refractivity contribution is 0.0967. The molecule has 0 bridgehead atoms. The Balaban J connectivity index is 0.00000648. The zero-order valence-corrected chi connectivity index (χ0v) is 24.9. The molecule has 2 aromatic rings. The minimum atomic E-state index is -0.372. The number of halogens is 1. The van der Waals surface area contributed by atoms with Crippen LogP contribution in [0.5, 0.6) is 5.75 Å². The van der Waals surface area contributed by atoms with Gasteiger partial charge in [-0.1, -0.05) is 68.2 Å². The fourth-order valence-electron chi connectivity index (χ4n) is 4.66. The van der Waals surface area contributed by atoms with Crippen molar-refractivity contribution in [2.24, 2.45) is 5.92 Å². The van der Waals surface area contributed by atoms with Gasteiger partial charge in [-0.15, -0.1) is 17.0 Å². The zero-order valence-electron chi connectivity index (χ0n) is 23.2. The lowest BCUT2D eigenvalue weighted by Gasteiger charge is -2.28. The van der Waals surface area contributed by atoms with Gasteiger partial charge in [0.2, 0.25) is 5.62 Å². The van der Waals surface area contributed by atoms with E-state index < -0.39 is 0 Å². The topological polar surface area (TPSA) is 111 Å². The van der Waals surface area contributed by atoms with E-state index in [2.05, 4.69) is 13.8 Å². The number of aliphatic hydroxyl groups is 2. The summed E-state index contributed by atoms with van der Waals surface area (Å²) in [5, 5.41) is 39.9. The summed E-state index contributed by atoms with van der Waals surface area (Å²) in [6.45, 7) is 16.0. The molecule has 0 aliphatic rings. The largest absolute Gasteiger partial charge is 0.507 e. The number of rotatable bonds is 10. The van der Waals surface area contributed by atoms with Crippen molar-refractivity contribution in [2.75, 3.05) is 0 Å². The van der Waals surface area contributed by atoms with Crippen LogP contribution >= 0.6 is 17.0 Å². The number of ketones is 1. The molecule has 0 radical (unpaired) electrons. The van der Waals surface area contributed by atoms with Crippen LogP contribution in [0.2, 0.25) is 0 Å². The third kappa shape index (κ3) is 6.90. The van der Waals surface area contributed by atoms with Crippen LogP contribution in [0, 0.1) is 11.3 Å². The number of phenolic OH excluding ortho intramolecular Hbond substituents is 1. The fourth-order valence-corrected chi connectivity index (χ4v) is 4.66. The first-order chi connectivity index (χ1) is 16.2. The zero-order chi connectivity index (χ0) is 26.7. The van der Waals surface area contributed by atoms with Gasteiger partial charge in [0, 0.05) is 23.2 Å². The molecule has 4 N–H and O–H groups in total. The molecule has 8 heteroatoms. The van der Waals surface area contributed by atoms with Gasteiger partial charge in [-0.05, 0) is 35.3 Å². The Morgan fingerprint density at radius 3 is 1.75 bits per heavy atom. The molecule has 204 valence electrons. The maximum atomic E-state index is 13.5. The Morgan fingerprint density at radius 1 is 0.917 bits per heavy atom. The molecule has 0 fully saturated rings. The van der Waals surface area contributed by atoms with E-state index in [1.807, 2.05) is 41.5 Å². The summed E-state index contributed by atoms with van der Waals surface area (Å²) >= 11 is 0. The second kappa shape index (κ2) is 12.6. The molecule has 0 unspecified atom stereocenters. The minimum Gasteiger partial charge on any atom is -0.507 e. The van der Waals surface area contributed by atoms with E-state index in [0.717, 1.165) is 19.3 Å². The lowest BCUT2D eigenvalue weighted by Crippen LogP contribution is -2.29. The Kier molecular flexibility index (Phi) is 11.2. The molecule has 1 heterocycles. The SMILES string of the molecule is Br.CCC(CC)CCn1c(CO)c(CO)n(CC(=O)c2cc(C(C)(C)C)c(O)c(C(C)(C)C)c2)c1=N. The highest BCUT2D eigenvalue weighted by Crippen LogP contribution is 2.40. The number of nitrogens with one attached hydrogen (secondary N) is 1. The first kappa shape index (κ1) is 32.1. The van der Waals surface area contributed by atoms with Crippen molar-refractivity contribution in [3.05, 3.63) is 45.8 Å². The third-order valence-corrected chi connectivity index (χ3v) is 7.06. The standard InChI is InChI=1S/C28H45N3O4.BrH/c1-9-18(10-2)11-12-30-22(16-32)23(17-33)31(26(30)29)15-24(34)19-13-20(27(3,4)5)25(35)21(14-19)28(6,7)8;/h13-14,18,29,32-33,35H,9-12,15-17H2,1-8H3;1H. The number of Topliss-reactive ketones (excluding diaryl/α,β-unsaturated/α-hetero) is 1. The molecule has 2 rings (SSSR count).